The van der Waals surface area contributed by atoms with Crippen molar-refractivity contribution in [3.63, 3.8) is 0 Å². The summed E-state index contributed by atoms with van der Waals surface area (Å²) in [6.45, 7) is 8.15. The smallest absolute Gasteiger partial charge is 0.219 e. The highest BCUT2D eigenvalue weighted by Crippen LogP contribution is 2.16. The summed E-state index contributed by atoms with van der Waals surface area (Å²) in [5, 5.41) is 3.31. The fraction of sp³-hybridized carbons (Fsp3) is 0.600. The molecule has 5 nitrogen and oxygen atoms in total. The van der Waals surface area contributed by atoms with Crippen LogP contribution in [0.2, 0.25) is 0 Å². The number of nitrogens with one attached hydrogen (secondary N) is 1. The molecule has 20 heavy (non-hydrogen) atoms. The molecule has 0 radical (unpaired) electrons. The molecule has 0 unspecified atom stereocenters. The first-order valence-corrected chi connectivity index (χ1v) is 7.42. The summed E-state index contributed by atoms with van der Waals surface area (Å²) in [5.74, 6) is 2.09. The molecule has 0 atom stereocenters. The van der Waals surface area contributed by atoms with Crippen molar-refractivity contribution in [3.05, 3.63) is 18.2 Å². The highest BCUT2D eigenvalue weighted by Gasteiger charge is 2.17. The van der Waals surface area contributed by atoms with Crippen LogP contribution in [0, 0.1) is 0 Å². The molecule has 0 saturated carbocycles. The summed E-state index contributed by atoms with van der Waals surface area (Å²) in [7, 11) is 0. The number of aromatic nitrogens is 1. The van der Waals surface area contributed by atoms with Crippen molar-refractivity contribution in [2.75, 3.05) is 42.9 Å². The van der Waals surface area contributed by atoms with Gasteiger partial charge < -0.3 is 15.1 Å². The molecule has 0 bridgehead atoms. The number of carbonyl (C=O) groups excluding carboxylic acids is 1. The van der Waals surface area contributed by atoms with E-state index in [9.17, 15) is 4.79 Å². The second-order valence-electron chi connectivity index (χ2n) is 5.15. The maximum absolute atomic E-state index is 11.4. The Kier molecular flexibility index (Phi) is 5.21. The lowest BCUT2D eigenvalue weighted by Gasteiger charge is -2.22. The molecule has 1 aliphatic heterocycles. The number of rotatable bonds is 4. The van der Waals surface area contributed by atoms with E-state index in [-0.39, 0.29) is 5.91 Å². The summed E-state index contributed by atoms with van der Waals surface area (Å²) < 4.78 is 0. The summed E-state index contributed by atoms with van der Waals surface area (Å²) in [5.41, 5.74) is 0. The van der Waals surface area contributed by atoms with Crippen LogP contribution in [0.5, 0.6) is 0 Å². The van der Waals surface area contributed by atoms with Gasteiger partial charge in [0.1, 0.15) is 11.6 Å². The Balaban J connectivity index is 2.02. The van der Waals surface area contributed by atoms with E-state index in [1.165, 1.54) is 0 Å². The number of nitrogens with zero attached hydrogens (tertiary/aromatic N) is 3. The lowest BCUT2D eigenvalue weighted by atomic mass is 10.3. The standard InChI is InChI=1S/C15H24N4O/c1-3-8-16-14-6-4-7-15(17-14)19-10-5-9-18(11-12-19)13(2)20/h4,6-7H,3,5,8-12H2,1-2H3,(H,16,17). The Morgan fingerprint density at radius 1 is 1.30 bits per heavy atom. The first-order chi connectivity index (χ1) is 9.70. The Labute approximate surface area is 121 Å². The van der Waals surface area contributed by atoms with Gasteiger partial charge in [-0.3, -0.25) is 4.79 Å². The van der Waals surface area contributed by atoms with Crippen LogP contribution < -0.4 is 10.2 Å². The molecule has 1 saturated heterocycles. The molecule has 2 heterocycles. The molecule has 0 aromatic carbocycles. The normalized spacial score (nSPS) is 15.9. The van der Waals surface area contributed by atoms with E-state index >= 15 is 0 Å². The summed E-state index contributed by atoms with van der Waals surface area (Å²) in [6, 6.07) is 6.08. The molecule has 5 heteroatoms. The highest BCUT2D eigenvalue weighted by atomic mass is 16.2. The van der Waals surface area contributed by atoms with Gasteiger partial charge >= 0.3 is 0 Å². The number of anilines is 2. The Morgan fingerprint density at radius 3 is 2.90 bits per heavy atom. The van der Waals surface area contributed by atoms with E-state index in [1.807, 2.05) is 23.1 Å². The van der Waals surface area contributed by atoms with Crippen molar-refractivity contribution in [1.82, 2.24) is 9.88 Å². The predicted molar refractivity (Wildman–Crippen MR) is 82.1 cm³/mol. The fourth-order valence-corrected chi connectivity index (χ4v) is 2.41. The minimum atomic E-state index is 0.165. The minimum absolute atomic E-state index is 0.165. The van der Waals surface area contributed by atoms with Crippen LogP contribution in [0.25, 0.3) is 0 Å². The molecule has 1 amide bonds. The van der Waals surface area contributed by atoms with Crippen molar-refractivity contribution < 1.29 is 4.79 Å². The second kappa shape index (κ2) is 7.12. The lowest BCUT2D eigenvalue weighted by molar-refractivity contribution is -0.128. The molecule has 0 spiro atoms. The fourth-order valence-electron chi connectivity index (χ4n) is 2.41. The SMILES string of the molecule is CCCNc1cccc(N2CCCN(C(C)=O)CC2)n1. The monoisotopic (exact) mass is 276 g/mol. The van der Waals surface area contributed by atoms with E-state index in [1.54, 1.807) is 6.92 Å². The zero-order chi connectivity index (χ0) is 14.4. The quantitative estimate of drug-likeness (QED) is 0.913. The van der Waals surface area contributed by atoms with Crippen LogP contribution in [0.1, 0.15) is 26.7 Å². The van der Waals surface area contributed by atoms with Crippen molar-refractivity contribution >= 4 is 17.5 Å². The van der Waals surface area contributed by atoms with Gasteiger partial charge in [0.05, 0.1) is 0 Å². The van der Waals surface area contributed by atoms with Crippen LogP contribution in [-0.2, 0) is 4.79 Å². The van der Waals surface area contributed by atoms with Crippen LogP contribution >= 0.6 is 0 Å². The van der Waals surface area contributed by atoms with Gasteiger partial charge in [0.15, 0.2) is 0 Å². The molecule has 0 aliphatic carbocycles. The van der Waals surface area contributed by atoms with Gasteiger partial charge in [-0.2, -0.15) is 0 Å². The second-order valence-corrected chi connectivity index (χ2v) is 5.15. The summed E-state index contributed by atoms with van der Waals surface area (Å²) in [6.07, 6.45) is 2.08. The predicted octanol–water partition coefficient (Wildman–Crippen LogP) is 1.96. The molecule has 1 aromatic rings. The Hall–Kier alpha value is -1.78. The Morgan fingerprint density at radius 2 is 2.15 bits per heavy atom. The first kappa shape index (κ1) is 14.6. The maximum Gasteiger partial charge on any atom is 0.219 e. The average Bonchev–Trinajstić information content (AvgIpc) is 2.71. The molecule has 1 N–H and O–H groups in total. The van der Waals surface area contributed by atoms with Gasteiger partial charge in [0.2, 0.25) is 5.91 Å². The van der Waals surface area contributed by atoms with Gasteiger partial charge in [-0.05, 0) is 25.0 Å². The van der Waals surface area contributed by atoms with Crippen molar-refractivity contribution in [3.8, 4) is 0 Å². The van der Waals surface area contributed by atoms with Gasteiger partial charge in [0, 0.05) is 39.6 Å². The van der Waals surface area contributed by atoms with Crippen LogP contribution in [0.15, 0.2) is 18.2 Å². The van der Waals surface area contributed by atoms with Crippen molar-refractivity contribution in [1.29, 1.82) is 0 Å². The number of hydrogen-bond acceptors (Lipinski definition) is 4. The first-order valence-electron chi connectivity index (χ1n) is 7.42. The van der Waals surface area contributed by atoms with E-state index in [4.69, 9.17) is 0 Å². The highest BCUT2D eigenvalue weighted by molar-refractivity contribution is 5.73. The van der Waals surface area contributed by atoms with Crippen molar-refractivity contribution in [2.45, 2.75) is 26.7 Å². The van der Waals surface area contributed by atoms with E-state index in [0.29, 0.717) is 0 Å². The molecule has 110 valence electrons. The number of carbonyl (C=O) groups is 1. The van der Waals surface area contributed by atoms with Gasteiger partial charge in [-0.15, -0.1) is 0 Å². The topological polar surface area (TPSA) is 48.5 Å². The largest absolute Gasteiger partial charge is 0.370 e. The Bertz CT molecular complexity index is 449. The van der Waals surface area contributed by atoms with Gasteiger partial charge in [-0.25, -0.2) is 4.98 Å². The molecule has 1 fully saturated rings. The van der Waals surface area contributed by atoms with Crippen LogP contribution in [0.4, 0.5) is 11.6 Å². The molecular formula is C15H24N4O. The third-order valence-corrected chi connectivity index (χ3v) is 3.56. The zero-order valence-corrected chi connectivity index (χ0v) is 12.4. The molecule has 2 rings (SSSR count). The van der Waals surface area contributed by atoms with Crippen LogP contribution in [-0.4, -0.2) is 48.5 Å². The van der Waals surface area contributed by atoms with E-state index in [2.05, 4.69) is 22.1 Å². The number of pyridine rings is 1. The third kappa shape index (κ3) is 3.85. The molecule has 1 aliphatic rings. The van der Waals surface area contributed by atoms with Gasteiger partial charge in [-0.1, -0.05) is 13.0 Å². The molecular weight excluding hydrogens is 252 g/mol. The summed E-state index contributed by atoms with van der Waals surface area (Å²) in [4.78, 5) is 20.3. The zero-order valence-electron chi connectivity index (χ0n) is 12.4. The third-order valence-electron chi connectivity index (χ3n) is 3.56. The van der Waals surface area contributed by atoms with E-state index in [0.717, 1.165) is 57.2 Å². The molecule has 1 aromatic heterocycles. The van der Waals surface area contributed by atoms with E-state index < -0.39 is 0 Å². The summed E-state index contributed by atoms with van der Waals surface area (Å²) >= 11 is 0. The number of hydrogen-bond donors (Lipinski definition) is 1. The van der Waals surface area contributed by atoms with Crippen molar-refractivity contribution in [2.24, 2.45) is 0 Å². The average molecular weight is 276 g/mol. The minimum Gasteiger partial charge on any atom is -0.370 e. The maximum atomic E-state index is 11.4. The lowest BCUT2D eigenvalue weighted by Crippen LogP contribution is -2.33. The van der Waals surface area contributed by atoms with Gasteiger partial charge in [0.25, 0.3) is 0 Å². The number of amides is 1. The van der Waals surface area contributed by atoms with Crippen LogP contribution in [0.3, 0.4) is 0 Å².